The van der Waals surface area contributed by atoms with Crippen molar-refractivity contribution < 1.29 is 19.1 Å². The largest absolute Gasteiger partial charge is 0.382 e. The number of morpholine rings is 1. The van der Waals surface area contributed by atoms with Crippen molar-refractivity contribution in [1.29, 1.82) is 0 Å². The van der Waals surface area contributed by atoms with Gasteiger partial charge in [0.05, 0.1) is 30.6 Å². The molecule has 1 fully saturated rings. The van der Waals surface area contributed by atoms with E-state index in [0.717, 1.165) is 5.56 Å². The number of methoxy groups -OCH3 is 1. The van der Waals surface area contributed by atoms with Crippen LogP contribution < -0.4 is 0 Å². The van der Waals surface area contributed by atoms with Gasteiger partial charge >= 0.3 is 0 Å². The predicted molar refractivity (Wildman–Crippen MR) is 115 cm³/mol. The molecular weight excluding hydrogens is 422 g/mol. The van der Waals surface area contributed by atoms with E-state index in [4.69, 9.17) is 21.1 Å². The van der Waals surface area contributed by atoms with Crippen molar-refractivity contribution in [2.45, 2.75) is 12.2 Å². The van der Waals surface area contributed by atoms with Crippen LogP contribution in [-0.2, 0) is 14.3 Å². The summed E-state index contributed by atoms with van der Waals surface area (Å²) in [5.74, 6) is -0.431. The minimum Gasteiger partial charge on any atom is -0.382 e. The van der Waals surface area contributed by atoms with E-state index in [0.29, 0.717) is 31.1 Å². The standard InChI is InChI=1S/C21H24ClN5O4/c1-5-20(28)27-9-14(11-30-4)31-18(10-27)13-6-16(25-19(22)7-13)15-8-17(24-12-23-15)21(29)26(2)3/h5-8,12,14,18H,1,9-11H2,2-4H3/t14-,18-/m0/s1. The molecule has 3 rings (SSSR count). The molecule has 2 amide bonds. The fourth-order valence-corrected chi connectivity index (χ4v) is 3.50. The molecule has 0 spiro atoms. The average Bonchev–Trinajstić information content (AvgIpc) is 2.77. The summed E-state index contributed by atoms with van der Waals surface area (Å²) in [4.78, 5) is 40.2. The molecule has 10 heteroatoms. The fraction of sp³-hybridized carbons (Fsp3) is 0.381. The molecule has 0 saturated carbocycles. The Morgan fingerprint density at radius 1 is 1.29 bits per heavy atom. The quantitative estimate of drug-likeness (QED) is 0.495. The van der Waals surface area contributed by atoms with Gasteiger partial charge in [0.2, 0.25) is 5.91 Å². The van der Waals surface area contributed by atoms with Crippen molar-refractivity contribution in [2.75, 3.05) is 40.9 Å². The molecule has 9 nitrogen and oxygen atoms in total. The zero-order chi connectivity index (χ0) is 22.5. The molecule has 2 aromatic rings. The lowest BCUT2D eigenvalue weighted by Crippen LogP contribution is -2.47. The van der Waals surface area contributed by atoms with Gasteiger partial charge in [-0.25, -0.2) is 15.0 Å². The highest BCUT2D eigenvalue weighted by molar-refractivity contribution is 6.29. The van der Waals surface area contributed by atoms with Crippen LogP contribution >= 0.6 is 11.6 Å². The maximum Gasteiger partial charge on any atom is 0.272 e. The zero-order valence-corrected chi connectivity index (χ0v) is 18.4. The summed E-state index contributed by atoms with van der Waals surface area (Å²) in [6, 6.07) is 5.04. The lowest BCUT2D eigenvalue weighted by molar-refractivity contribution is -0.146. The van der Waals surface area contributed by atoms with Crippen molar-refractivity contribution >= 4 is 23.4 Å². The summed E-state index contributed by atoms with van der Waals surface area (Å²) in [6.07, 6.45) is 1.85. The van der Waals surface area contributed by atoms with Crippen molar-refractivity contribution in [2.24, 2.45) is 0 Å². The van der Waals surface area contributed by atoms with Gasteiger partial charge in [-0.3, -0.25) is 9.59 Å². The third kappa shape index (κ3) is 5.43. The fourth-order valence-electron chi connectivity index (χ4n) is 3.29. The maximum absolute atomic E-state index is 12.2. The Hall–Kier alpha value is -2.88. The number of hydrogen-bond donors (Lipinski definition) is 0. The number of halogens is 1. The number of carbonyl (C=O) groups is 2. The van der Waals surface area contributed by atoms with Crippen LogP contribution in [0.2, 0.25) is 5.15 Å². The van der Waals surface area contributed by atoms with Crippen LogP contribution in [0.5, 0.6) is 0 Å². The number of hydrogen-bond acceptors (Lipinski definition) is 7. The number of rotatable bonds is 6. The van der Waals surface area contributed by atoms with Gasteiger partial charge in [0.15, 0.2) is 0 Å². The minimum absolute atomic E-state index is 0.183. The van der Waals surface area contributed by atoms with E-state index < -0.39 is 6.10 Å². The van der Waals surface area contributed by atoms with Crippen LogP contribution in [0.3, 0.4) is 0 Å². The Morgan fingerprint density at radius 3 is 2.74 bits per heavy atom. The predicted octanol–water partition coefficient (Wildman–Crippen LogP) is 1.99. The second-order valence-electron chi connectivity index (χ2n) is 7.25. The molecule has 2 atom stereocenters. The second kappa shape index (κ2) is 9.95. The van der Waals surface area contributed by atoms with Crippen LogP contribution in [0.1, 0.15) is 22.2 Å². The molecule has 0 bridgehead atoms. The third-order valence-electron chi connectivity index (χ3n) is 4.75. The summed E-state index contributed by atoms with van der Waals surface area (Å²) >= 11 is 6.29. The highest BCUT2D eigenvalue weighted by Gasteiger charge is 2.31. The molecule has 164 valence electrons. The normalized spacial score (nSPS) is 18.5. The van der Waals surface area contributed by atoms with Gasteiger partial charge in [0.25, 0.3) is 5.91 Å². The van der Waals surface area contributed by atoms with E-state index in [2.05, 4.69) is 21.5 Å². The summed E-state index contributed by atoms with van der Waals surface area (Å²) in [6.45, 7) is 4.64. The Kier molecular flexibility index (Phi) is 7.32. The van der Waals surface area contributed by atoms with Crippen LogP contribution in [0.25, 0.3) is 11.4 Å². The van der Waals surface area contributed by atoms with E-state index in [1.165, 1.54) is 17.3 Å². The van der Waals surface area contributed by atoms with E-state index in [1.54, 1.807) is 44.3 Å². The number of aromatic nitrogens is 3. The van der Waals surface area contributed by atoms with Crippen LogP contribution in [-0.4, -0.2) is 83.6 Å². The smallest absolute Gasteiger partial charge is 0.272 e. The Labute approximate surface area is 185 Å². The molecule has 0 radical (unpaired) electrons. The molecule has 1 saturated heterocycles. The minimum atomic E-state index is -0.443. The molecular formula is C21H24ClN5O4. The van der Waals surface area contributed by atoms with Gasteiger partial charge in [-0.15, -0.1) is 0 Å². The van der Waals surface area contributed by atoms with Gasteiger partial charge in [0, 0.05) is 27.7 Å². The summed E-state index contributed by atoms with van der Waals surface area (Å²) < 4.78 is 11.4. The van der Waals surface area contributed by atoms with Gasteiger partial charge in [-0.1, -0.05) is 18.2 Å². The molecule has 0 aliphatic carbocycles. The van der Waals surface area contributed by atoms with Crippen LogP contribution in [0.4, 0.5) is 0 Å². The summed E-state index contributed by atoms with van der Waals surface area (Å²) in [5.41, 5.74) is 1.90. The molecule has 31 heavy (non-hydrogen) atoms. The molecule has 0 unspecified atom stereocenters. The first-order valence-corrected chi connectivity index (χ1v) is 9.97. The van der Waals surface area contributed by atoms with Crippen LogP contribution in [0.15, 0.2) is 37.2 Å². The van der Waals surface area contributed by atoms with Crippen molar-refractivity contribution in [3.05, 3.63) is 53.6 Å². The van der Waals surface area contributed by atoms with Gasteiger partial charge < -0.3 is 19.3 Å². The van der Waals surface area contributed by atoms with Gasteiger partial charge in [-0.05, 0) is 29.8 Å². The highest BCUT2D eigenvalue weighted by atomic mass is 35.5. The molecule has 1 aliphatic heterocycles. The topological polar surface area (TPSA) is 97.8 Å². The molecule has 3 heterocycles. The van der Waals surface area contributed by atoms with Gasteiger partial charge in [0.1, 0.15) is 23.3 Å². The molecule has 0 N–H and O–H groups in total. The number of amides is 2. The Bertz CT molecular complexity index is 984. The SMILES string of the molecule is C=CC(=O)N1C[C@@H](COC)O[C@H](c2cc(Cl)nc(-c3cc(C(=O)N(C)C)ncn3)c2)C1. The summed E-state index contributed by atoms with van der Waals surface area (Å²) in [5, 5.41) is 0.241. The molecule has 1 aliphatic rings. The average molecular weight is 446 g/mol. The van der Waals surface area contributed by atoms with Crippen molar-refractivity contribution in [1.82, 2.24) is 24.8 Å². The van der Waals surface area contributed by atoms with Crippen LogP contribution in [0, 0.1) is 0 Å². The molecule has 2 aromatic heterocycles. The van der Waals surface area contributed by atoms with E-state index in [9.17, 15) is 9.59 Å². The number of carbonyl (C=O) groups excluding carboxylic acids is 2. The number of pyridine rings is 1. The lowest BCUT2D eigenvalue weighted by Gasteiger charge is -2.37. The first-order chi connectivity index (χ1) is 14.8. The van der Waals surface area contributed by atoms with Crippen molar-refractivity contribution in [3.8, 4) is 11.4 Å². The first kappa shape index (κ1) is 22.8. The monoisotopic (exact) mass is 445 g/mol. The Morgan fingerprint density at radius 2 is 2.06 bits per heavy atom. The highest BCUT2D eigenvalue weighted by Crippen LogP contribution is 2.30. The van der Waals surface area contributed by atoms with E-state index >= 15 is 0 Å². The van der Waals surface area contributed by atoms with E-state index in [-0.39, 0.29) is 28.8 Å². The third-order valence-corrected chi connectivity index (χ3v) is 4.94. The lowest BCUT2D eigenvalue weighted by atomic mass is 10.1. The first-order valence-electron chi connectivity index (χ1n) is 9.59. The van der Waals surface area contributed by atoms with Crippen molar-refractivity contribution in [3.63, 3.8) is 0 Å². The second-order valence-corrected chi connectivity index (χ2v) is 7.63. The maximum atomic E-state index is 12.2. The number of ether oxygens (including phenoxy) is 2. The zero-order valence-electron chi connectivity index (χ0n) is 17.6. The van der Waals surface area contributed by atoms with E-state index in [1.807, 2.05) is 0 Å². The Balaban J connectivity index is 1.95. The number of nitrogens with zero attached hydrogens (tertiary/aromatic N) is 5. The summed E-state index contributed by atoms with van der Waals surface area (Å²) in [7, 11) is 4.87. The van der Waals surface area contributed by atoms with Gasteiger partial charge in [-0.2, -0.15) is 0 Å². The molecule has 0 aromatic carbocycles.